The maximum absolute atomic E-state index is 12.7. The number of carbonyl (C=O) groups excluding carboxylic acids is 1. The average molecular weight is 410 g/mol. The minimum absolute atomic E-state index is 0.0471. The number of rotatable bonds is 9. The molecule has 0 amide bonds. The zero-order valence-electron chi connectivity index (χ0n) is 16.1. The van der Waals surface area contributed by atoms with Crippen molar-refractivity contribution < 1.29 is 14.6 Å². The third kappa shape index (κ3) is 5.13. The molecule has 0 aliphatic heterocycles. The molecule has 3 rings (SSSR count). The molecule has 0 bridgehead atoms. The van der Waals surface area contributed by atoms with E-state index >= 15 is 0 Å². The van der Waals surface area contributed by atoms with Gasteiger partial charge < -0.3 is 9.84 Å². The zero-order valence-corrected chi connectivity index (χ0v) is 16.9. The monoisotopic (exact) mass is 410 g/mol. The van der Waals surface area contributed by atoms with Crippen LogP contribution in [0.3, 0.4) is 0 Å². The van der Waals surface area contributed by atoms with Gasteiger partial charge in [-0.1, -0.05) is 42.1 Å². The number of hydrogen-bond donors (Lipinski definition) is 1. The summed E-state index contributed by atoms with van der Waals surface area (Å²) in [6, 6.07) is 14.0. The number of allylic oxidation sites excluding steroid dienone is 1. The summed E-state index contributed by atoms with van der Waals surface area (Å²) in [7, 11) is 0. The Kier molecular flexibility index (Phi) is 6.85. The lowest BCUT2D eigenvalue weighted by molar-refractivity contribution is 0.101. The van der Waals surface area contributed by atoms with Crippen LogP contribution in [-0.4, -0.2) is 38.9 Å². The average Bonchev–Trinajstić information content (AvgIpc) is 2.73. The van der Waals surface area contributed by atoms with Crippen LogP contribution in [0.25, 0.3) is 10.9 Å². The van der Waals surface area contributed by atoms with Gasteiger partial charge in [-0.05, 0) is 31.2 Å². The topological polar surface area (TPSA) is 81.4 Å². The first kappa shape index (κ1) is 20.8. The van der Waals surface area contributed by atoms with Gasteiger partial charge in [0.25, 0.3) is 5.56 Å². The largest absolute Gasteiger partial charge is 0.491 e. The van der Waals surface area contributed by atoms with Gasteiger partial charge in [-0.2, -0.15) is 0 Å². The summed E-state index contributed by atoms with van der Waals surface area (Å²) in [5.74, 6) is 0.775. The van der Waals surface area contributed by atoms with Crippen LogP contribution in [0.2, 0.25) is 0 Å². The van der Waals surface area contributed by atoms with E-state index in [4.69, 9.17) is 4.74 Å². The predicted molar refractivity (Wildman–Crippen MR) is 115 cm³/mol. The normalized spacial score (nSPS) is 11.9. The fourth-order valence-electron chi connectivity index (χ4n) is 2.76. The van der Waals surface area contributed by atoms with E-state index in [1.807, 2.05) is 6.07 Å². The lowest BCUT2D eigenvalue weighted by Crippen LogP contribution is -2.25. The molecule has 0 radical (unpaired) electrons. The smallest absolute Gasteiger partial charge is 0.262 e. The van der Waals surface area contributed by atoms with E-state index in [-0.39, 0.29) is 17.9 Å². The molecule has 2 aromatic carbocycles. The molecule has 3 aromatic rings. The molecule has 1 N–H and O–H groups in total. The fraction of sp³-hybridized carbons (Fsp3) is 0.227. The number of aliphatic hydroxyl groups is 1. The van der Waals surface area contributed by atoms with E-state index in [1.165, 1.54) is 18.7 Å². The molecule has 0 unspecified atom stereocenters. The van der Waals surface area contributed by atoms with Crippen molar-refractivity contribution in [1.29, 1.82) is 0 Å². The second kappa shape index (κ2) is 9.54. The zero-order chi connectivity index (χ0) is 20.8. The van der Waals surface area contributed by atoms with Gasteiger partial charge in [-0.15, -0.1) is 6.58 Å². The van der Waals surface area contributed by atoms with Crippen LogP contribution < -0.4 is 10.3 Å². The number of carbonyl (C=O) groups is 1. The molecule has 0 saturated heterocycles. The van der Waals surface area contributed by atoms with Crippen LogP contribution in [0, 0.1) is 0 Å². The third-order valence-corrected chi connectivity index (χ3v) is 5.35. The number of para-hydroxylation sites is 1. The maximum atomic E-state index is 12.7. The lowest BCUT2D eigenvalue weighted by Gasteiger charge is -2.15. The van der Waals surface area contributed by atoms with Crippen molar-refractivity contribution >= 4 is 28.4 Å². The Hall–Kier alpha value is -2.90. The molecule has 150 valence electrons. The number of nitrogens with zero attached hydrogens (tertiary/aromatic N) is 2. The van der Waals surface area contributed by atoms with Crippen molar-refractivity contribution in [3.8, 4) is 5.75 Å². The van der Waals surface area contributed by atoms with Crippen LogP contribution in [0.4, 0.5) is 0 Å². The van der Waals surface area contributed by atoms with E-state index in [9.17, 15) is 14.7 Å². The number of aliphatic hydroxyl groups excluding tert-OH is 1. The molecule has 0 aliphatic rings. The van der Waals surface area contributed by atoms with Crippen LogP contribution in [0.1, 0.15) is 17.3 Å². The number of ether oxygens (including phenoxy) is 1. The minimum atomic E-state index is -0.776. The van der Waals surface area contributed by atoms with Gasteiger partial charge in [0, 0.05) is 17.9 Å². The molecule has 0 spiro atoms. The first-order valence-electron chi connectivity index (χ1n) is 9.14. The van der Waals surface area contributed by atoms with Crippen molar-refractivity contribution in [2.45, 2.75) is 24.7 Å². The summed E-state index contributed by atoms with van der Waals surface area (Å²) >= 11 is 1.29. The van der Waals surface area contributed by atoms with Crippen molar-refractivity contribution in [3.63, 3.8) is 0 Å². The second-order valence-corrected chi connectivity index (χ2v) is 7.46. The first-order chi connectivity index (χ1) is 14.0. The first-order valence-corrected chi connectivity index (χ1v) is 10.1. The summed E-state index contributed by atoms with van der Waals surface area (Å²) in [6.45, 7) is 5.60. The van der Waals surface area contributed by atoms with Gasteiger partial charge in [0.1, 0.15) is 12.4 Å². The summed E-state index contributed by atoms with van der Waals surface area (Å²) in [5, 5.41) is 11.4. The van der Waals surface area contributed by atoms with Gasteiger partial charge in [-0.3, -0.25) is 14.2 Å². The van der Waals surface area contributed by atoms with Crippen LogP contribution in [0.5, 0.6) is 5.75 Å². The van der Waals surface area contributed by atoms with Crippen LogP contribution in [0.15, 0.2) is 71.1 Å². The van der Waals surface area contributed by atoms with Gasteiger partial charge in [0.2, 0.25) is 0 Å². The molecule has 1 aromatic heterocycles. The number of ketones is 1. The lowest BCUT2D eigenvalue weighted by atomic mass is 10.1. The van der Waals surface area contributed by atoms with Gasteiger partial charge in [0.05, 0.1) is 17.0 Å². The van der Waals surface area contributed by atoms with Crippen molar-refractivity contribution in [1.82, 2.24) is 9.55 Å². The van der Waals surface area contributed by atoms with Crippen LogP contribution >= 0.6 is 11.8 Å². The van der Waals surface area contributed by atoms with Gasteiger partial charge in [0.15, 0.2) is 10.9 Å². The Bertz CT molecular complexity index is 1090. The summed E-state index contributed by atoms with van der Waals surface area (Å²) in [6.07, 6.45) is 0.866. The van der Waals surface area contributed by atoms with Gasteiger partial charge in [-0.25, -0.2) is 4.98 Å². The van der Waals surface area contributed by atoms with Crippen molar-refractivity contribution in [3.05, 3.63) is 77.1 Å². The Morgan fingerprint density at radius 3 is 2.86 bits per heavy atom. The van der Waals surface area contributed by atoms with E-state index in [2.05, 4.69) is 11.6 Å². The molecular weight excluding hydrogens is 388 g/mol. The number of aromatic nitrogens is 2. The predicted octanol–water partition coefficient (Wildman–Crippen LogP) is 3.32. The Labute approximate surface area is 172 Å². The quantitative estimate of drug-likeness (QED) is 0.252. The van der Waals surface area contributed by atoms with Gasteiger partial charge >= 0.3 is 0 Å². The number of hydrogen-bond acceptors (Lipinski definition) is 6. The Morgan fingerprint density at radius 2 is 2.10 bits per heavy atom. The molecule has 6 nitrogen and oxygen atoms in total. The van der Waals surface area contributed by atoms with E-state index in [0.29, 0.717) is 39.7 Å². The fourth-order valence-corrected chi connectivity index (χ4v) is 3.68. The van der Waals surface area contributed by atoms with E-state index in [1.54, 1.807) is 53.1 Å². The number of Topliss-reactive ketones (excluding diaryl/α,β-unsaturated/α-hetero) is 1. The number of benzene rings is 2. The highest BCUT2D eigenvalue weighted by atomic mass is 32.2. The minimum Gasteiger partial charge on any atom is -0.491 e. The second-order valence-electron chi connectivity index (χ2n) is 6.48. The molecule has 1 atom stereocenters. The van der Waals surface area contributed by atoms with E-state index < -0.39 is 6.10 Å². The number of thioether (sulfide) groups is 1. The standard InChI is InChI=1S/C22H22N2O4S/c1-3-11-24-21(27)19-9-4-5-10-20(19)23-22(24)29-14-17(26)13-28-18-8-6-7-16(12-18)15(2)25/h3-10,12,17,26H,1,11,13-14H2,2H3/t17-/m0/s1. The summed E-state index contributed by atoms with van der Waals surface area (Å²) < 4.78 is 7.14. The highest BCUT2D eigenvalue weighted by molar-refractivity contribution is 7.99. The Morgan fingerprint density at radius 1 is 1.31 bits per heavy atom. The summed E-state index contributed by atoms with van der Waals surface area (Å²) in [5.41, 5.74) is 1.04. The van der Waals surface area contributed by atoms with E-state index in [0.717, 1.165) is 0 Å². The molecule has 7 heteroatoms. The maximum Gasteiger partial charge on any atom is 0.262 e. The SMILES string of the molecule is C=CCn1c(SC[C@@H](O)COc2cccc(C(C)=O)c2)nc2ccccc2c1=O. The molecule has 0 fully saturated rings. The molecule has 1 heterocycles. The molecule has 0 aliphatic carbocycles. The third-order valence-electron chi connectivity index (χ3n) is 4.23. The highest BCUT2D eigenvalue weighted by Gasteiger charge is 2.13. The molecule has 29 heavy (non-hydrogen) atoms. The van der Waals surface area contributed by atoms with Crippen molar-refractivity contribution in [2.75, 3.05) is 12.4 Å². The molecular formula is C22H22N2O4S. The highest BCUT2D eigenvalue weighted by Crippen LogP contribution is 2.20. The number of fused-ring (bicyclic) bond motifs is 1. The molecule has 0 saturated carbocycles. The van der Waals surface area contributed by atoms with Crippen LogP contribution in [-0.2, 0) is 6.54 Å². The van der Waals surface area contributed by atoms with Crippen molar-refractivity contribution in [2.24, 2.45) is 0 Å². The summed E-state index contributed by atoms with van der Waals surface area (Å²) in [4.78, 5) is 28.7. The Balaban J connectivity index is 1.69.